The zero-order valence-corrected chi connectivity index (χ0v) is 10.4. The fourth-order valence-corrected chi connectivity index (χ4v) is 1.52. The molecule has 0 fully saturated rings. The molecule has 0 aliphatic rings. The Bertz CT molecular complexity index is 362. The first-order valence-electron chi connectivity index (χ1n) is 5.86. The number of benzene rings is 1. The van der Waals surface area contributed by atoms with Crippen molar-refractivity contribution in [3.8, 4) is 0 Å². The van der Waals surface area contributed by atoms with Crippen LogP contribution in [0, 0.1) is 6.92 Å². The highest BCUT2D eigenvalue weighted by Gasteiger charge is 2.07. The minimum atomic E-state index is -0.243. The van der Waals surface area contributed by atoms with Crippen LogP contribution in [0.5, 0.6) is 0 Å². The van der Waals surface area contributed by atoms with Gasteiger partial charge in [0, 0.05) is 6.54 Å². The molecular formula is C13H20N2O2. The van der Waals surface area contributed by atoms with E-state index in [4.69, 9.17) is 5.11 Å². The molecule has 0 heterocycles. The number of carbonyl (C=O) groups excluding carboxylic acids is 1. The molecule has 4 heteroatoms. The predicted octanol–water partition coefficient (Wildman–Crippen LogP) is 1.57. The van der Waals surface area contributed by atoms with E-state index in [1.165, 1.54) is 5.56 Å². The quantitative estimate of drug-likeness (QED) is 0.726. The van der Waals surface area contributed by atoms with Gasteiger partial charge in [0.25, 0.3) is 0 Å². The van der Waals surface area contributed by atoms with Gasteiger partial charge in [-0.1, -0.05) is 36.8 Å². The predicted molar refractivity (Wildman–Crippen MR) is 67.7 cm³/mol. The average molecular weight is 236 g/mol. The standard InChI is InChI=1S/C13H20N2O2/c1-3-12(9-16)15-13(17)14-8-11-6-4-5-10(2)7-11/h4-7,12,16H,3,8-9H2,1-2H3,(H2,14,15,17). The normalized spacial score (nSPS) is 11.9. The van der Waals surface area contributed by atoms with Gasteiger partial charge in [0.15, 0.2) is 0 Å². The van der Waals surface area contributed by atoms with Crippen LogP contribution in [0.15, 0.2) is 24.3 Å². The van der Waals surface area contributed by atoms with Crippen molar-refractivity contribution < 1.29 is 9.90 Å². The smallest absolute Gasteiger partial charge is 0.315 e. The van der Waals surface area contributed by atoms with Crippen LogP contribution >= 0.6 is 0 Å². The molecule has 1 unspecified atom stereocenters. The summed E-state index contributed by atoms with van der Waals surface area (Å²) in [7, 11) is 0. The van der Waals surface area contributed by atoms with Crippen LogP contribution < -0.4 is 10.6 Å². The summed E-state index contributed by atoms with van der Waals surface area (Å²) in [5.74, 6) is 0. The molecule has 4 nitrogen and oxygen atoms in total. The third-order valence-electron chi connectivity index (χ3n) is 2.58. The van der Waals surface area contributed by atoms with Crippen LogP contribution in [0.1, 0.15) is 24.5 Å². The maximum atomic E-state index is 11.5. The van der Waals surface area contributed by atoms with E-state index in [9.17, 15) is 4.79 Å². The second kappa shape index (κ2) is 6.91. The second-order valence-corrected chi connectivity index (χ2v) is 4.10. The van der Waals surface area contributed by atoms with Gasteiger partial charge in [0.1, 0.15) is 0 Å². The molecule has 1 aromatic carbocycles. The lowest BCUT2D eigenvalue weighted by Crippen LogP contribution is -2.43. The third-order valence-corrected chi connectivity index (χ3v) is 2.58. The van der Waals surface area contributed by atoms with Crippen LogP contribution in [0.2, 0.25) is 0 Å². The summed E-state index contributed by atoms with van der Waals surface area (Å²) in [6.07, 6.45) is 0.717. The van der Waals surface area contributed by atoms with Gasteiger partial charge in [0.05, 0.1) is 12.6 Å². The third kappa shape index (κ3) is 4.87. The van der Waals surface area contributed by atoms with E-state index in [1.807, 2.05) is 38.1 Å². The van der Waals surface area contributed by atoms with Gasteiger partial charge < -0.3 is 15.7 Å². The highest BCUT2D eigenvalue weighted by Crippen LogP contribution is 2.03. The minimum absolute atomic E-state index is 0.0334. The van der Waals surface area contributed by atoms with E-state index in [1.54, 1.807) is 0 Å². The largest absolute Gasteiger partial charge is 0.394 e. The van der Waals surface area contributed by atoms with Crippen molar-refractivity contribution in [2.45, 2.75) is 32.9 Å². The SMILES string of the molecule is CCC(CO)NC(=O)NCc1cccc(C)c1. The number of carbonyl (C=O) groups is 1. The molecule has 0 aromatic heterocycles. The molecule has 1 aromatic rings. The van der Waals surface area contributed by atoms with Crippen molar-refractivity contribution in [2.75, 3.05) is 6.61 Å². The molecule has 0 saturated heterocycles. The first-order chi connectivity index (χ1) is 8.15. The molecule has 0 bridgehead atoms. The van der Waals surface area contributed by atoms with Crippen molar-refractivity contribution >= 4 is 6.03 Å². The molecule has 0 saturated carbocycles. The molecule has 0 aliphatic heterocycles. The monoisotopic (exact) mass is 236 g/mol. The topological polar surface area (TPSA) is 61.4 Å². The van der Waals surface area contributed by atoms with Crippen LogP contribution in [-0.2, 0) is 6.54 Å². The molecule has 94 valence electrons. The second-order valence-electron chi connectivity index (χ2n) is 4.10. The molecular weight excluding hydrogens is 216 g/mol. The average Bonchev–Trinajstić information content (AvgIpc) is 2.33. The number of nitrogens with one attached hydrogen (secondary N) is 2. The highest BCUT2D eigenvalue weighted by molar-refractivity contribution is 5.74. The van der Waals surface area contributed by atoms with Crippen LogP contribution in [0.4, 0.5) is 4.79 Å². The van der Waals surface area contributed by atoms with Gasteiger partial charge in [-0.3, -0.25) is 0 Å². The fraction of sp³-hybridized carbons (Fsp3) is 0.462. The Labute approximate surface area is 102 Å². The van der Waals surface area contributed by atoms with Crippen LogP contribution in [-0.4, -0.2) is 23.8 Å². The summed E-state index contributed by atoms with van der Waals surface area (Å²) in [6.45, 7) is 4.40. The highest BCUT2D eigenvalue weighted by atomic mass is 16.3. The van der Waals surface area contributed by atoms with Crippen molar-refractivity contribution in [1.82, 2.24) is 10.6 Å². The summed E-state index contributed by atoms with van der Waals surface area (Å²) in [4.78, 5) is 11.5. The van der Waals surface area contributed by atoms with E-state index in [0.29, 0.717) is 13.0 Å². The number of hydrogen-bond acceptors (Lipinski definition) is 2. The Morgan fingerprint density at radius 1 is 1.47 bits per heavy atom. The molecule has 17 heavy (non-hydrogen) atoms. The molecule has 2 amide bonds. The van der Waals surface area contributed by atoms with E-state index in [-0.39, 0.29) is 18.7 Å². The number of hydrogen-bond donors (Lipinski definition) is 3. The summed E-state index contributed by atoms with van der Waals surface area (Å²) in [5.41, 5.74) is 2.24. The van der Waals surface area contributed by atoms with Crippen molar-refractivity contribution in [3.05, 3.63) is 35.4 Å². The van der Waals surface area contributed by atoms with Gasteiger partial charge in [-0.25, -0.2) is 4.79 Å². The Morgan fingerprint density at radius 2 is 2.24 bits per heavy atom. The van der Waals surface area contributed by atoms with Gasteiger partial charge >= 0.3 is 6.03 Å². The van der Waals surface area contributed by atoms with Gasteiger partial charge in [-0.05, 0) is 18.9 Å². The van der Waals surface area contributed by atoms with Crippen LogP contribution in [0.3, 0.4) is 0 Å². The molecule has 0 aliphatic carbocycles. The van der Waals surface area contributed by atoms with E-state index < -0.39 is 0 Å². The number of aryl methyl sites for hydroxylation is 1. The lowest BCUT2D eigenvalue weighted by Gasteiger charge is -2.14. The lowest BCUT2D eigenvalue weighted by molar-refractivity contribution is 0.214. The zero-order valence-electron chi connectivity index (χ0n) is 10.4. The molecule has 0 spiro atoms. The Morgan fingerprint density at radius 3 is 2.82 bits per heavy atom. The van der Waals surface area contributed by atoms with Crippen molar-refractivity contribution in [3.63, 3.8) is 0 Å². The maximum absolute atomic E-state index is 11.5. The summed E-state index contributed by atoms with van der Waals surface area (Å²) in [6, 6.07) is 7.56. The van der Waals surface area contributed by atoms with Crippen molar-refractivity contribution in [1.29, 1.82) is 0 Å². The van der Waals surface area contributed by atoms with Crippen molar-refractivity contribution in [2.24, 2.45) is 0 Å². The fourth-order valence-electron chi connectivity index (χ4n) is 1.52. The zero-order chi connectivity index (χ0) is 12.7. The Balaban J connectivity index is 2.38. The van der Waals surface area contributed by atoms with Gasteiger partial charge in [-0.2, -0.15) is 0 Å². The number of rotatable bonds is 5. The summed E-state index contributed by atoms with van der Waals surface area (Å²) < 4.78 is 0. The van der Waals surface area contributed by atoms with E-state index >= 15 is 0 Å². The van der Waals surface area contributed by atoms with Gasteiger partial charge in [-0.15, -0.1) is 0 Å². The molecule has 3 N–H and O–H groups in total. The number of aliphatic hydroxyl groups is 1. The summed E-state index contributed by atoms with van der Waals surface area (Å²) >= 11 is 0. The number of aliphatic hydroxyl groups excluding tert-OH is 1. The number of urea groups is 1. The minimum Gasteiger partial charge on any atom is -0.394 e. The Kier molecular flexibility index (Phi) is 5.49. The van der Waals surface area contributed by atoms with E-state index in [2.05, 4.69) is 10.6 Å². The van der Waals surface area contributed by atoms with Gasteiger partial charge in [0.2, 0.25) is 0 Å². The first-order valence-corrected chi connectivity index (χ1v) is 5.86. The molecule has 0 radical (unpaired) electrons. The molecule has 1 atom stereocenters. The lowest BCUT2D eigenvalue weighted by atomic mass is 10.1. The number of amides is 2. The summed E-state index contributed by atoms with van der Waals surface area (Å²) in [5, 5.41) is 14.4. The molecule has 1 rings (SSSR count). The maximum Gasteiger partial charge on any atom is 0.315 e. The Hall–Kier alpha value is -1.55. The van der Waals surface area contributed by atoms with E-state index in [0.717, 1.165) is 5.56 Å². The van der Waals surface area contributed by atoms with Crippen LogP contribution in [0.25, 0.3) is 0 Å². The first kappa shape index (κ1) is 13.5.